The van der Waals surface area contributed by atoms with Gasteiger partial charge in [-0.1, -0.05) is 15.9 Å². The summed E-state index contributed by atoms with van der Waals surface area (Å²) in [6.45, 7) is 0. The highest BCUT2D eigenvalue weighted by Gasteiger charge is 2.58. The van der Waals surface area contributed by atoms with Gasteiger partial charge in [0, 0.05) is 5.92 Å². The summed E-state index contributed by atoms with van der Waals surface area (Å²) in [4.78, 5) is 22.0. The van der Waals surface area contributed by atoms with Crippen LogP contribution in [0.2, 0.25) is 0 Å². The lowest BCUT2D eigenvalue weighted by molar-refractivity contribution is -0.187. The Labute approximate surface area is 120 Å². The van der Waals surface area contributed by atoms with Crippen molar-refractivity contribution in [3.63, 3.8) is 0 Å². The van der Waals surface area contributed by atoms with Gasteiger partial charge in [-0.25, -0.2) is 4.79 Å². The van der Waals surface area contributed by atoms with Gasteiger partial charge >= 0.3 is 27.3 Å². The van der Waals surface area contributed by atoms with E-state index in [9.17, 15) is 26.8 Å². The number of carbonyl (C=O) groups is 2. The van der Waals surface area contributed by atoms with Gasteiger partial charge in [0.05, 0.1) is 11.2 Å². The van der Waals surface area contributed by atoms with Crippen LogP contribution < -0.4 is 0 Å². The van der Waals surface area contributed by atoms with Crippen LogP contribution in [0.25, 0.3) is 0 Å². The molecule has 0 amide bonds. The third kappa shape index (κ3) is 2.53. The van der Waals surface area contributed by atoms with Gasteiger partial charge < -0.3 is 9.47 Å². The Morgan fingerprint density at radius 3 is 2.60 bits per heavy atom. The summed E-state index contributed by atoms with van der Waals surface area (Å²) in [5, 5.41) is -5.06. The molecule has 2 bridgehead atoms. The van der Waals surface area contributed by atoms with Crippen molar-refractivity contribution < 1.29 is 40.8 Å². The number of alkyl halides is 3. The molecule has 4 unspecified atom stereocenters. The number of rotatable bonds is 3. The van der Waals surface area contributed by atoms with Gasteiger partial charge in [0.15, 0.2) is 6.10 Å². The number of ether oxygens (including phenoxy) is 2. The molecule has 1 aliphatic carbocycles. The van der Waals surface area contributed by atoms with E-state index < -0.39 is 45.4 Å². The Morgan fingerprint density at radius 2 is 2.10 bits per heavy atom. The zero-order chi connectivity index (χ0) is 15.3. The van der Waals surface area contributed by atoms with Crippen molar-refractivity contribution in [2.24, 2.45) is 5.92 Å². The van der Waals surface area contributed by atoms with Crippen molar-refractivity contribution >= 4 is 38.0 Å². The molecule has 1 N–H and O–H groups in total. The number of hydrogen-bond donors (Lipinski definition) is 1. The van der Waals surface area contributed by atoms with E-state index in [1.165, 1.54) is 0 Å². The minimum absolute atomic E-state index is 0.117. The molecule has 0 radical (unpaired) electrons. The van der Waals surface area contributed by atoms with Crippen LogP contribution >= 0.6 is 15.9 Å². The van der Waals surface area contributed by atoms with E-state index in [1.54, 1.807) is 0 Å². The van der Waals surface area contributed by atoms with E-state index in [2.05, 4.69) is 20.7 Å². The second-order valence-corrected chi connectivity index (χ2v) is 7.17. The standard InChI is InChI=1S/C9H9BrF2O7S/c10-4-1-3-2-5(13)18-7(4)6(3)19-8(14)9(11,12)20(15,16)17/h3-4,6-7H,1-2H2,(H,15,16,17). The van der Waals surface area contributed by atoms with Gasteiger partial charge in [0.25, 0.3) is 0 Å². The Morgan fingerprint density at radius 1 is 1.50 bits per heavy atom. The first-order chi connectivity index (χ1) is 9.04. The topological polar surface area (TPSA) is 107 Å². The van der Waals surface area contributed by atoms with Crippen molar-refractivity contribution in [2.45, 2.75) is 35.1 Å². The third-order valence-corrected chi connectivity index (χ3v) is 4.88. The fourth-order valence-electron chi connectivity index (χ4n) is 2.25. The molecule has 2 fully saturated rings. The molecule has 2 aliphatic rings. The van der Waals surface area contributed by atoms with E-state index >= 15 is 0 Å². The summed E-state index contributed by atoms with van der Waals surface area (Å²) in [6.07, 6.45) is -1.89. The summed E-state index contributed by atoms with van der Waals surface area (Å²) in [5.74, 6) is -3.47. The maximum Gasteiger partial charge on any atom is 0.465 e. The molecular weight excluding hydrogens is 370 g/mol. The van der Waals surface area contributed by atoms with E-state index in [-0.39, 0.29) is 11.2 Å². The largest absolute Gasteiger partial charge is 0.465 e. The quantitative estimate of drug-likeness (QED) is 0.432. The molecule has 1 saturated carbocycles. The smallest absolute Gasteiger partial charge is 0.457 e. The Kier molecular flexibility index (Phi) is 3.80. The highest BCUT2D eigenvalue weighted by atomic mass is 79.9. The van der Waals surface area contributed by atoms with Crippen LogP contribution in [0.15, 0.2) is 0 Å². The fourth-order valence-corrected chi connectivity index (χ4v) is 3.39. The van der Waals surface area contributed by atoms with Crippen LogP contribution in [-0.2, 0) is 29.2 Å². The molecule has 20 heavy (non-hydrogen) atoms. The molecule has 1 saturated heterocycles. The van der Waals surface area contributed by atoms with Crippen molar-refractivity contribution in [3.8, 4) is 0 Å². The first-order valence-corrected chi connectivity index (χ1v) is 7.79. The molecule has 0 aromatic carbocycles. The fraction of sp³-hybridized carbons (Fsp3) is 0.778. The van der Waals surface area contributed by atoms with Crippen LogP contribution in [0, 0.1) is 5.92 Å². The number of halogens is 3. The number of carbonyl (C=O) groups excluding carboxylic acids is 2. The third-order valence-electron chi connectivity index (χ3n) is 3.17. The van der Waals surface area contributed by atoms with Gasteiger partial charge in [-0.15, -0.1) is 0 Å². The minimum Gasteiger partial charge on any atom is -0.457 e. The highest BCUT2D eigenvalue weighted by Crippen LogP contribution is 2.42. The van der Waals surface area contributed by atoms with Gasteiger partial charge in [-0.3, -0.25) is 9.35 Å². The van der Waals surface area contributed by atoms with Crippen LogP contribution in [0.1, 0.15) is 12.8 Å². The van der Waals surface area contributed by atoms with Crippen LogP contribution in [-0.4, -0.2) is 47.2 Å². The summed E-state index contributed by atoms with van der Waals surface area (Å²) in [7, 11) is -5.92. The van der Waals surface area contributed by atoms with Crippen molar-refractivity contribution in [1.82, 2.24) is 0 Å². The van der Waals surface area contributed by atoms with Crippen molar-refractivity contribution in [1.29, 1.82) is 0 Å². The van der Waals surface area contributed by atoms with E-state index in [4.69, 9.17) is 9.29 Å². The second kappa shape index (κ2) is 4.88. The second-order valence-electron chi connectivity index (χ2n) is 4.53. The summed E-state index contributed by atoms with van der Waals surface area (Å²) >= 11 is 3.17. The van der Waals surface area contributed by atoms with Crippen LogP contribution in [0.4, 0.5) is 8.78 Å². The zero-order valence-corrected chi connectivity index (χ0v) is 12.1. The van der Waals surface area contributed by atoms with E-state index in [0.717, 1.165) is 0 Å². The minimum atomic E-state index is -5.92. The van der Waals surface area contributed by atoms with E-state index in [0.29, 0.717) is 6.42 Å². The van der Waals surface area contributed by atoms with Crippen molar-refractivity contribution in [3.05, 3.63) is 0 Å². The lowest BCUT2D eigenvalue weighted by Crippen LogP contribution is -2.47. The molecule has 1 heterocycles. The molecule has 11 heteroatoms. The molecule has 1 aliphatic heterocycles. The molecule has 0 aromatic rings. The number of fused-ring (bicyclic) bond motifs is 2. The predicted octanol–water partition coefficient (Wildman–Crippen LogP) is 0.478. The lowest BCUT2D eigenvalue weighted by atomic mass is 9.99. The molecule has 0 spiro atoms. The first kappa shape index (κ1) is 15.6. The molecule has 7 nitrogen and oxygen atoms in total. The summed E-state index contributed by atoms with van der Waals surface area (Å²) < 4.78 is 64.7. The molecule has 2 rings (SSSR count). The summed E-state index contributed by atoms with van der Waals surface area (Å²) in [6, 6.07) is 0. The lowest BCUT2D eigenvalue weighted by Gasteiger charge is -2.30. The molecule has 114 valence electrons. The predicted molar refractivity (Wildman–Crippen MR) is 61.7 cm³/mol. The SMILES string of the molecule is O=C1CC2CC(Br)C(O1)C2OC(=O)C(F)(F)S(=O)(=O)O. The monoisotopic (exact) mass is 378 g/mol. The Bertz CT molecular complexity index is 548. The van der Waals surface area contributed by atoms with Gasteiger partial charge in [-0.2, -0.15) is 17.2 Å². The number of esters is 2. The first-order valence-electron chi connectivity index (χ1n) is 5.43. The molecule has 4 atom stereocenters. The van der Waals surface area contributed by atoms with Gasteiger partial charge in [0.2, 0.25) is 0 Å². The highest BCUT2D eigenvalue weighted by molar-refractivity contribution is 9.09. The summed E-state index contributed by atoms with van der Waals surface area (Å²) in [5.41, 5.74) is 0. The normalized spacial score (nSPS) is 33.7. The Balaban J connectivity index is 2.16. The van der Waals surface area contributed by atoms with Gasteiger partial charge in [-0.05, 0) is 6.42 Å². The number of hydrogen-bond acceptors (Lipinski definition) is 6. The average Bonchev–Trinajstić information content (AvgIpc) is 2.47. The molecular formula is C9H9BrF2O7S. The Hall–Kier alpha value is -0.810. The maximum absolute atomic E-state index is 13.1. The zero-order valence-electron chi connectivity index (χ0n) is 9.66. The maximum atomic E-state index is 13.1. The average molecular weight is 379 g/mol. The molecule has 0 aromatic heterocycles. The van der Waals surface area contributed by atoms with Gasteiger partial charge in [0.1, 0.15) is 6.10 Å². The van der Waals surface area contributed by atoms with Crippen molar-refractivity contribution in [2.75, 3.05) is 0 Å². The van der Waals surface area contributed by atoms with Crippen LogP contribution in [0.3, 0.4) is 0 Å². The van der Waals surface area contributed by atoms with Crippen LogP contribution in [0.5, 0.6) is 0 Å². The van der Waals surface area contributed by atoms with E-state index in [1.807, 2.05) is 0 Å².